The van der Waals surface area contributed by atoms with Gasteiger partial charge in [0.2, 0.25) is 0 Å². The van der Waals surface area contributed by atoms with Crippen molar-refractivity contribution < 1.29 is 4.92 Å². The standard InChI is InChI=1S/C14H12N2O2S/c1-15(12-5-3-2-4-6-12)14(19)11-7-9-13(10-8-11)16(17)18/h2-10H,1H3. The molecule has 0 amide bonds. The Labute approximate surface area is 116 Å². The largest absolute Gasteiger partial charge is 0.335 e. The lowest BCUT2D eigenvalue weighted by Crippen LogP contribution is -2.24. The Morgan fingerprint density at radius 1 is 1.11 bits per heavy atom. The van der Waals surface area contributed by atoms with E-state index in [1.807, 2.05) is 42.3 Å². The highest BCUT2D eigenvalue weighted by Crippen LogP contribution is 2.18. The van der Waals surface area contributed by atoms with Crippen molar-refractivity contribution in [1.82, 2.24) is 0 Å². The van der Waals surface area contributed by atoms with Gasteiger partial charge >= 0.3 is 0 Å². The van der Waals surface area contributed by atoms with Gasteiger partial charge in [0.15, 0.2) is 0 Å². The average Bonchev–Trinajstić information content (AvgIpc) is 2.46. The fourth-order valence-electron chi connectivity index (χ4n) is 1.69. The molecule has 0 radical (unpaired) electrons. The van der Waals surface area contributed by atoms with Crippen LogP contribution in [0.25, 0.3) is 0 Å². The van der Waals surface area contributed by atoms with Crippen molar-refractivity contribution in [2.75, 3.05) is 11.9 Å². The van der Waals surface area contributed by atoms with Crippen molar-refractivity contribution in [3.63, 3.8) is 0 Å². The molecule has 0 aromatic heterocycles. The molecule has 0 aliphatic carbocycles. The van der Waals surface area contributed by atoms with Crippen LogP contribution in [0.4, 0.5) is 11.4 Å². The SMILES string of the molecule is CN(C(=S)c1ccc([N+](=O)[O-])cc1)c1ccccc1. The predicted octanol–water partition coefficient (Wildman–Crippen LogP) is 3.41. The summed E-state index contributed by atoms with van der Waals surface area (Å²) in [5, 5.41) is 10.6. The monoisotopic (exact) mass is 272 g/mol. The van der Waals surface area contributed by atoms with Crippen LogP contribution < -0.4 is 4.90 Å². The number of thiocarbonyl (C=S) groups is 1. The maximum absolute atomic E-state index is 10.6. The van der Waals surface area contributed by atoms with Crippen molar-refractivity contribution in [3.05, 3.63) is 70.3 Å². The van der Waals surface area contributed by atoms with Crippen molar-refractivity contribution in [2.24, 2.45) is 0 Å². The van der Waals surface area contributed by atoms with E-state index in [2.05, 4.69) is 0 Å². The van der Waals surface area contributed by atoms with Gasteiger partial charge in [-0.1, -0.05) is 30.4 Å². The summed E-state index contributed by atoms with van der Waals surface area (Å²) in [5.41, 5.74) is 1.83. The summed E-state index contributed by atoms with van der Waals surface area (Å²) in [6.07, 6.45) is 0. The number of nitrogens with zero attached hydrogens (tertiary/aromatic N) is 2. The van der Waals surface area contributed by atoms with Gasteiger partial charge in [0, 0.05) is 30.4 Å². The van der Waals surface area contributed by atoms with Crippen LogP contribution in [-0.4, -0.2) is 17.0 Å². The molecule has 0 saturated carbocycles. The van der Waals surface area contributed by atoms with E-state index in [1.54, 1.807) is 12.1 Å². The Kier molecular flexibility index (Phi) is 3.87. The Hall–Kier alpha value is -2.27. The molecule has 4 nitrogen and oxygen atoms in total. The van der Waals surface area contributed by atoms with E-state index < -0.39 is 4.92 Å². The molecular formula is C14H12N2O2S. The number of nitro groups is 1. The number of anilines is 1. The molecule has 96 valence electrons. The third-order valence-corrected chi connectivity index (χ3v) is 3.28. The van der Waals surface area contributed by atoms with Crippen LogP contribution in [0.2, 0.25) is 0 Å². The van der Waals surface area contributed by atoms with Crippen LogP contribution in [0, 0.1) is 10.1 Å². The molecule has 0 N–H and O–H groups in total. The van der Waals surface area contributed by atoms with Crippen LogP contribution in [-0.2, 0) is 0 Å². The van der Waals surface area contributed by atoms with Crippen LogP contribution in [0.1, 0.15) is 5.56 Å². The zero-order valence-electron chi connectivity index (χ0n) is 10.3. The minimum Gasteiger partial charge on any atom is -0.335 e. The molecule has 19 heavy (non-hydrogen) atoms. The highest BCUT2D eigenvalue weighted by atomic mass is 32.1. The van der Waals surface area contributed by atoms with Gasteiger partial charge in [-0.15, -0.1) is 0 Å². The molecule has 0 spiro atoms. The third kappa shape index (κ3) is 2.95. The van der Waals surface area contributed by atoms with Gasteiger partial charge in [0.05, 0.1) is 4.92 Å². The number of para-hydroxylation sites is 1. The molecule has 0 unspecified atom stereocenters. The topological polar surface area (TPSA) is 46.4 Å². The summed E-state index contributed by atoms with van der Waals surface area (Å²) in [7, 11) is 1.87. The molecule has 5 heteroatoms. The van der Waals surface area contributed by atoms with Gasteiger partial charge in [-0.2, -0.15) is 0 Å². The minimum atomic E-state index is -0.423. The number of hydrogen-bond donors (Lipinski definition) is 0. The van der Waals surface area contributed by atoms with Gasteiger partial charge in [-0.3, -0.25) is 10.1 Å². The van der Waals surface area contributed by atoms with Crippen LogP contribution in [0.5, 0.6) is 0 Å². The van der Waals surface area contributed by atoms with Crippen LogP contribution in [0.3, 0.4) is 0 Å². The van der Waals surface area contributed by atoms with Gasteiger partial charge in [-0.25, -0.2) is 0 Å². The van der Waals surface area contributed by atoms with Crippen molar-refractivity contribution >= 4 is 28.6 Å². The summed E-state index contributed by atoms with van der Waals surface area (Å²) in [4.78, 5) is 12.7. The summed E-state index contributed by atoms with van der Waals surface area (Å²) in [5.74, 6) is 0. The number of rotatable bonds is 3. The van der Waals surface area contributed by atoms with E-state index in [0.29, 0.717) is 4.99 Å². The lowest BCUT2D eigenvalue weighted by molar-refractivity contribution is -0.384. The summed E-state index contributed by atoms with van der Waals surface area (Å²) >= 11 is 5.39. The lowest BCUT2D eigenvalue weighted by Gasteiger charge is -2.20. The second-order valence-electron chi connectivity index (χ2n) is 4.00. The summed E-state index contributed by atoms with van der Waals surface area (Å²) in [6.45, 7) is 0. The Balaban J connectivity index is 2.22. The Morgan fingerprint density at radius 3 is 2.21 bits per heavy atom. The maximum Gasteiger partial charge on any atom is 0.269 e. The molecule has 0 saturated heterocycles. The second-order valence-corrected chi connectivity index (χ2v) is 4.39. The first-order valence-electron chi connectivity index (χ1n) is 5.67. The highest BCUT2D eigenvalue weighted by Gasteiger charge is 2.11. The third-order valence-electron chi connectivity index (χ3n) is 2.77. The molecular weight excluding hydrogens is 260 g/mol. The summed E-state index contributed by atoms with van der Waals surface area (Å²) < 4.78 is 0. The molecule has 0 heterocycles. The van der Waals surface area contributed by atoms with Crippen molar-refractivity contribution in [3.8, 4) is 0 Å². The Bertz CT molecular complexity index is 597. The van der Waals surface area contributed by atoms with E-state index in [9.17, 15) is 10.1 Å². The molecule has 2 aromatic rings. The average molecular weight is 272 g/mol. The highest BCUT2D eigenvalue weighted by molar-refractivity contribution is 7.81. The quantitative estimate of drug-likeness (QED) is 0.488. The first-order valence-corrected chi connectivity index (χ1v) is 6.08. The van der Waals surface area contributed by atoms with E-state index in [-0.39, 0.29) is 5.69 Å². The fourth-order valence-corrected chi connectivity index (χ4v) is 1.93. The normalized spacial score (nSPS) is 9.95. The smallest absolute Gasteiger partial charge is 0.269 e. The first-order chi connectivity index (χ1) is 9.09. The minimum absolute atomic E-state index is 0.0638. The number of nitro benzene ring substituents is 1. The molecule has 0 aliphatic heterocycles. The van der Waals surface area contributed by atoms with Gasteiger partial charge in [0.1, 0.15) is 4.99 Å². The van der Waals surface area contributed by atoms with Gasteiger partial charge in [-0.05, 0) is 24.3 Å². The van der Waals surface area contributed by atoms with E-state index in [4.69, 9.17) is 12.2 Å². The molecule has 0 fully saturated rings. The Morgan fingerprint density at radius 2 is 1.68 bits per heavy atom. The van der Waals surface area contributed by atoms with E-state index in [1.165, 1.54) is 12.1 Å². The molecule has 2 aromatic carbocycles. The number of hydrogen-bond acceptors (Lipinski definition) is 3. The zero-order valence-corrected chi connectivity index (χ0v) is 11.1. The molecule has 2 rings (SSSR count). The molecule has 0 aliphatic rings. The summed E-state index contributed by atoms with van der Waals surface area (Å²) in [6, 6.07) is 16.0. The van der Waals surface area contributed by atoms with Gasteiger partial charge in [0.25, 0.3) is 5.69 Å². The fraction of sp³-hybridized carbons (Fsp3) is 0.0714. The maximum atomic E-state index is 10.6. The first kappa shape index (κ1) is 13.2. The molecule has 0 atom stereocenters. The number of non-ortho nitro benzene ring substituents is 1. The zero-order chi connectivity index (χ0) is 13.8. The van der Waals surface area contributed by atoms with Crippen molar-refractivity contribution in [1.29, 1.82) is 0 Å². The van der Waals surface area contributed by atoms with Crippen LogP contribution >= 0.6 is 12.2 Å². The van der Waals surface area contributed by atoms with Crippen molar-refractivity contribution in [2.45, 2.75) is 0 Å². The van der Waals surface area contributed by atoms with Crippen LogP contribution in [0.15, 0.2) is 54.6 Å². The van der Waals surface area contributed by atoms with Gasteiger partial charge < -0.3 is 4.90 Å². The molecule has 0 bridgehead atoms. The van der Waals surface area contributed by atoms with E-state index >= 15 is 0 Å². The van der Waals surface area contributed by atoms with E-state index in [0.717, 1.165) is 11.3 Å². The number of benzene rings is 2. The second kappa shape index (κ2) is 5.58. The predicted molar refractivity (Wildman–Crippen MR) is 79.6 cm³/mol. The lowest BCUT2D eigenvalue weighted by atomic mass is 10.2.